The number of hydrogen-bond acceptors (Lipinski definition) is 6. The number of amides is 1. The summed E-state index contributed by atoms with van der Waals surface area (Å²) in [5.41, 5.74) is 10.4. The Morgan fingerprint density at radius 3 is 2.75 bits per heavy atom. The first-order valence-corrected chi connectivity index (χ1v) is 4.84. The van der Waals surface area contributed by atoms with Gasteiger partial charge in [-0.1, -0.05) is 23.1 Å². The van der Waals surface area contributed by atoms with Gasteiger partial charge >= 0.3 is 0 Å². The van der Waals surface area contributed by atoms with E-state index >= 15 is 0 Å². The summed E-state index contributed by atoms with van der Waals surface area (Å²) < 4.78 is 0.666. The average molecular weight is 204 g/mol. The van der Waals surface area contributed by atoms with E-state index in [9.17, 15) is 4.79 Å². The van der Waals surface area contributed by atoms with Crippen molar-refractivity contribution < 1.29 is 4.79 Å². The molecule has 0 radical (unpaired) electrons. The number of aromatic nitrogens is 2. The van der Waals surface area contributed by atoms with E-state index in [1.165, 1.54) is 23.1 Å². The standard InChI is InChI=1S/C5H8N4OS2/c1-2(3(6)10)11-5-9-8-4(7)12-5/h2H,1H3,(H2,6,10)(H2,7,8)/t2-/m1/s1. The number of carbonyl (C=O) groups excluding carboxylic acids is 1. The lowest BCUT2D eigenvalue weighted by Gasteiger charge is -2.00. The van der Waals surface area contributed by atoms with Crippen LogP contribution in [-0.4, -0.2) is 21.4 Å². The number of nitrogens with two attached hydrogens (primary N) is 2. The number of nitrogen functional groups attached to an aromatic ring is 1. The summed E-state index contributed by atoms with van der Waals surface area (Å²) in [6, 6.07) is 0. The number of thioether (sulfide) groups is 1. The predicted molar refractivity (Wildman–Crippen MR) is 48.8 cm³/mol. The molecule has 0 saturated carbocycles. The molecule has 0 aliphatic heterocycles. The Bertz CT molecular complexity index is 287. The molecule has 0 saturated heterocycles. The molecule has 0 bridgehead atoms. The van der Waals surface area contributed by atoms with Gasteiger partial charge in [-0.2, -0.15) is 0 Å². The second-order valence-electron chi connectivity index (χ2n) is 2.07. The number of anilines is 1. The van der Waals surface area contributed by atoms with Crippen LogP contribution in [0.1, 0.15) is 6.92 Å². The maximum absolute atomic E-state index is 10.6. The summed E-state index contributed by atoms with van der Waals surface area (Å²) >= 11 is 2.51. The van der Waals surface area contributed by atoms with E-state index < -0.39 is 0 Å². The summed E-state index contributed by atoms with van der Waals surface area (Å²) in [4.78, 5) is 10.6. The van der Waals surface area contributed by atoms with E-state index in [4.69, 9.17) is 11.5 Å². The van der Waals surface area contributed by atoms with Gasteiger partial charge in [-0.25, -0.2) is 0 Å². The van der Waals surface area contributed by atoms with Crippen molar-refractivity contribution in [2.45, 2.75) is 16.5 Å². The fourth-order valence-corrected chi connectivity index (χ4v) is 2.21. The van der Waals surface area contributed by atoms with E-state index in [1.807, 2.05) is 0 Å². The second kappa shape index (κ2) is 3.72. The minimum absolute atomic E-state index is 0.294. The Morgan fingerprint density at radius 2 is 2.33 bits per heavy atom. The second-order valence-corrected chi connectivity index (χ2v) is 4.67. The molecule has 1 amide bonds. The monoisotopic (exact) mass is 204 g/mol. The van der Waals surface area contributed by atoms with E-state index in [0.29, 0.717) is 9.47 Å². The van der Waals surface area contributed by atoms with Crippen LogP contribution in [0.5, 0.6) is 0 Å². The van der Waals surface area contributed by atoms with Crippen molar-refractivity contribution in [3.05, 3.63) is 0 Å². The van der Waals surface area contributed by atoms with Crippen LogP contribution in [0, 0.1) is 0 Å². The molecule has 12 heavy (non-hydrogen) atoms. The van der Waals surface area contributed by atoms with Gasteiger partial charge in [0.25, 0.3) is 0 Å². The molecular weight excluding hydrogens is 196 g/mol. The van der Waals surface area contributed by atoms with Crippen LogP contribution >= 0.6 is 23.1 Å². The van der Waals surface area contributed by atoms with Gasteiger partial charge in [-0.3, -0.25) is 4.79 Å². The van der Waals surface area contributed by atoms with Crippen LogP contribution in [0.15, 0.2) is 4.34 Å². The lowest BCUT2D eigenvalue weighted by atomic mass is 10.5. The lowest BCUT2D eigenvalue weighted by Crippen LogP contribution is -2.22. The third kappa shape index (κ3) is 2.35. The fourth-order valence-electron chi connectivity index (χ4n) is 0.477. The number of carbonyl (C=O) groups is 1. The van der Waals surface area contributed by atoms with Gasteiger partial charge in [0.05, 0.1) is 5.25 Å². The molecule has 4 N–H and O–H groups in total. The summed E-state index contributed by atoms with van der Waals surface area (Å²) in [6.45, 7) is 1.71. The largest absolute Gasteiger partial charge is 0.374 e. The van der Waals surface area contributed by atoms with Crippen LogP contribution in [0.25, 0.3) is 0 Å². The smallest absolute Gasteiger partial charge is 0.230 e. The summed E-state index contributed by atoms with van der Waals surface area (Å²) in [7, 11) is 0. The van der Waals surface area contributed by atoms with Crippen molar-refractivity contribution in [1.82, 2.24) is 10.2 Å². The van der Waals surface area contributed by atoms with Gasteiger partial charge < -0.3 is 11.5 Å². The molecule has 0 spiro atoms. The van der Waals surface area contributed by atoms with Crippen LogP contribution in [0.3, 0.4) is 0 Å². The first-order chi connectivity index (χ1) is 5.59. The predicted octanol–water partition coefficient (Wildman–Crippen LogP) is 0.0862. The molecule has 0 aromatic carbocycles. The molecule has 1 aromatic heterocycles. The number of primary amides is 1. The molecule has 7 heteroatoms. The van der Waals surface area contributed by atoms with E-state index in [2.05, 4.69) is 10.2 Å². The van der Waals surface area contributed by atoms with Crippen molar-refractivity contribution in [3.8, 4) is 0 Å². The number of nitrogens with zero attached hydrogens (tertiary/aromatic N) is 2. The highest BCUT2D eigenvalue weighted by Crippen LogP contribution is 2.26. The zero-order valence-electron chi connectivity index (χ0n) is 6.35. The Morgan fingerprint density at radius 1 is 1.67 bits per heavy atom. The van der Waals surface area contributed by atoms with Crippen molar-refractivity contribution in [2.75, 3.05) is 5.73 Å². The van der Waals surface area contributed by atoms with E-state index in [1.54, 1.807) is 6.92 Å². The highest BCUT2D eigenvalue weighted by Gasteiger charge is 2.12. The van der Waals surface area contributed by atoms with Crippen molar-refractivity contribution in [2.24, 2.45) is 5.73 Å². The molecule has 66 valence electrons. The summed E-state index contributed by atoms with van der Waals surface area (Å²) in [6.07, 6.45) is 0. The van der Waals surface area contributed by atoms with Crippen molar-refractivity contribution in [3.63, 3.8) is 0 Å². The third-order valence-corrected chi connectivity index (χ3v) is 3.06. The maximum atomic E-state index is 10.6. The minimum atomic E-state index is -0.367. The van der Waals surface area contributed by atoms with E-state index in [-0.39, 0.29) is 11.2 Å². The number of hydrogen-bond donors (Lipinski definition) is 2. The molecule has 0 unspecified atom stereocenters. The number of rotatable bonds is 3. The van der Waals surface area contributed by atoms with Gasteiger partial charge in [0.1, 0.15) is 0 Å². The Balaban J connectivity index is 2.58. The quantitative estimate of drug-likeness (QED) is 0.680. The van der Waals surface area contributed by atoms with Crippen molar-refractivity contribution in [1.29, 1.82) is 0 Å². The fraction of sp³-hybridized carbons (Fsp3) is 0.400. The molecule has 0 aliphatic carbocycles. The highest BCUT2D eigenvalue weighted by atomic mass is 32.2. The van der Waals surface area contributed by atoms with E-state index in [0.717, 1.165) is 0 Å². The maximum Gasteiger partial charge on any atom is 0.230 e. The zero-order chi connectivity index (χ0) is 9.14. The molecule has 1 rings (SSSR count). The first-order valence-electron chi connectivity index (χ1n) is 3.14. The van der Waals surface area contributed by atoms with Gasteiger partial charge in [0.15, 0.2) is 4.34 Å². The zero-order valence-corrected chi connectivity index (χ0v) is 7.98. The van der Waals surface area contributed by atoms with Gasteiger partial charge in [0, 0.05) is 0 Å². The van der Waals surface area contributed by atoms with Crippen LogP contribution in [0.2, 0.25) is 0 Å². The SMILES string of the molecule is C[C@@H](Sc1nnc(N)s1)C(N)=O. The van der Waals surface area contributed by atoms with Crippen molar-refractivity contribution >= 4 is 34.1 Å². The Labute approximate surface area is 77.5 Å². The molecule has 1 atom stereocenters. The molecule has 5 nitrogen and oxygen atoms in total. The molecular formula is C5H8N4OS2. The van der Waals surface area contributed by atoms with Gasteiger partial charge in [0.2, 0.25) is 11.0 Å². The summed E-state index contributed by atoms with van der Waals surface area (Å²) in [5.74, 6) is -0.367. The minimum Gasteiger partial charge on any atom is -0.374 e. The highest BCUT2D eigenvalue weighted by molar-refractivity contribution is 8.02. The normalized spacial score (nSPS) is 12.8. The first kappa shape index (κ1) is 9.27. The topological polar surface area (TPSA) is 94.9 Å². The lowest BCUT2D eigenvalue weighted by molar-refractivity contribution is -0.117. The molecule has 1 heterocycles. The molecule has 0 aliphatic rings. The van der Waals surface area contributed by atoms with Crippen LogP contribution in [-0.2, 0) is 4.79 Å². The Hall–Kier alpha value is -0.820. The third-order valence-electron chi connectivity index (χ3n) is 1.10. The average Bonchev–Trinajstić information content (AvgIpc) is 2.35. The van der Waals surface area contributed by atoms with Crippen LogP contribution < -0.4 is 11.5 Å². The van der Waals surface area contributed by atoms with Gasteiger partial charge in [-0.05, 0) is 6.92 Å². The molecule has 0 fully saturated rings. The van der Waals surface area contributed by atoms with Gasteiger partial charge in [-0.15, -0.1) is 10.2 Å². The molecule has 1 aromatic rings. The summed E-state index contributed by atoms with van der Waals surface area (Å²) in [5, 5.41) is 7.44. The van der Waals surface area contributed by atoms with Crippen LogP contribution in [0.4, 0.5) is 5.13 Å². The Kier molecular flexibility index (Phi) is 2.88.